The SMILES string of the molecule is CNc1ncc(-c2ccc3c(=O)c(C(=O)O)cn(C4CC4)c3c2C)cc1C.O=C(O)/C=C\C(=O)O. The van der Waals surface area contributed by atoms with Crippen LogP contribution < -0.4 is 10.7 Å². The van der Waals surface area contributed by atoms with Gasteiger partial charge in [-0.1, -0.05) is 6.07 Å². The summed E-state index contributed by atoms with van der Waals surface area (Å²) in [6.45, 7) is 3.98. The van der Waals surface area contributed by atoms with Crippen molar-refractivity contribution < 1.29 is 29.7 Å². The molecule has 1 saturated carbocycles. The zero-order chi connectivity index (χ0) is 25.9. The minimum Gasteiger partial charge on any atom is -0.478 e. The second-order valence-corrected chi connectivity index (χ2v) is 8.10. The molecule has 0 saturated heterocycles. The first kappa shape index (κ1) is 25.2. The second kappa shape index (κ2) is 10.2. The molecule has 182 valence electrons. The first-order valence-electron chi connectivity index (χ1n) is 10.8. The number of rotatable bonds is 6. The molecule has 10 nitrogen and oxygen atoms in total. The standard InChI is InChI=1S/C21H21N3O3.C4H4O4/c1-11-8-13(9-23-20(11)22-3)15-6-7-16-18(12(15)2)24(14-4-5-14)10-17(19(16)25)21(26)27;5-3(6)1-2-4(7)8/h6-10,14H,4-5H2,1-3H3,(H,22,23)(H,26,27);1-2H,(H,5,6)(H,7,8)/b;2-1-. The lowest BCUT2D eigenvalue weighted by atomic mass is 9.97. The van der Waals surface area contributed by atoms with Gasteiger partial charge in [-0.3, -0.25) is 4.79 Å². The van der Waals surface area contributed by atoms with Crippen LogP contribution in [0.2, 0.25) is 0 Å². The number of aromatic carboxylic acids is 1. The number of carboxylic acids is 3. The summed E-state index contributed by atoms with van der Waals surface area (Å²) < 4.78 is 1.97. The van der Waals surface area contributed by atoms with Crippen molar-refractivity contribution in [2.75, 3.05) is 12.4 Å². The molecule has 2 heterocycles. The van der Waals surface area contributed by atoms with Crippen LogP contribution in [0.4, 0.5) is 5.82 Å². The zero-order valence-electron chi connectivity index (χ0n) is 19.4. The highest BCUT2D eigenvalue weighted by atomic mass is 16.4. The van der Waals surface area contributed by atoms with Gasteiger partial charge in [-0.2, -0.15) is 0 Å². The van der Waals surface area contributed by atoms with Crippen molar-refractivity contribution >= 4 is 34.6 Å². The number of aryl methyl sites for hydroxylation is 2. The van der Waals surface area contributed by atoms with Gasteiger partial charge in [0.15, 0.2) is 0 Å². The number of hydrogen-bond donors (Lipinski definition) is 4. The normalized spacial score (nSPS) is 12.8. The summed E-state index contributed by atoms with van der Waals surface area (Å²) in [5, 5.41) is 28.6. The summed E-state index contributed by atoms with van der Waals surface area (Å²) in [7, 11) is 1.84. The van der Waals surface area contributed by atoms with Crippen LogP contribution in [0.5, 0.6) is 0 Å². The van der Waals surface area contributed by atoms with E-state index in [0.717, 1.165) is 46.4 Å². The molecule has 0 spiro atoms. The lowest BCUT2D eigenvalue weighted by Gasteiger charge is -2.17. The molecule has 0 atom stereocenters. The van der Waals surface area contributed by atoms with E-state index >= 15 is 0 Å². The minimum atomic E-state index is -1.26. The maximum absolute atomic E-state index is 12.7. The summed E-state index contributed by atoms with van der Waals surface area (Å²) in [6.07, 6.45) is 6.44. The van der Waals surface area contributed by atoms with Crippen molar-refractivity contribution in [2.45, 2.75) is 32.7 Å². The Labute approximate surface area is 200 Å². The Balaban J connectivity index is 0.000000371. The number of aromatic nitrogens is 2. The number of carboxylic acid groups (broad SMARTS) is 3. The van der Waals surface area contributed by atoms with Crippen LogP contribution in [-0.4, -0.2) is 49.8 Å². The highest BCUT2D eigenvalue weighted by molar-refractivity contribution is 5.95. The predicted molar refractivity (Wildman–Crippen MR) is 130 cm³/mol. The molecule has 35 heavy (non-hydrogen) atoms. The fourth-order valence-corrected chi connectivity index (χ4v) is 3.86. The van der Waals surface area contributed by atoms with Crippen molar-refractivity contribution in [3.05, 3.63) is 69.7 Å². The van der Waals surface area contributed by atoms with Crippen molar-refractivity contribution in [3.8, 4) is 11.1 Å². The van der Waals surface area contributed by atoms with Crippen molar-refractivity contribution in [1.29, 1.82) is 0 Å². The molecule has 10 heteroatoms. The Morgan fingerprint density at radius 3 is 2.20 bits per heavy atom. The van der Waals surface area contributed by atoms with Gasteiger partial charge in [-0.25, -0.2) is 19.4 Å². The summed E-state index contributed by atoms with van der Waals surface area (Å²) in [4.78, 5) is 47.8. The number of pyridine rings is 2. The largest absolute Gasteiger partial charge is 0.478 e. The van der Waals surface area contributed by atoms with E-state index in [2.05, 4.69) is 16.4 Å². The number of hydrogen-bond acceptors (Lipinski definition) is 6. The van der Waals surface area contributed by atoms with E-state index in [1.54, 1.807) is 6.07 Å². The molecular weight excluding hydrogens is 454 g/mol. The van der Waals surface area contributed by atoms with Gasteiger partial charge in [0.05, 0.1) is 5.52 Å². The second-order valence-electron chi connectivity index (χ2n) is 8.10. The minimum absolute atomic E-state index is 0.169. The lowest BCUT2D eigenvalue weighted by Crippen LogP contribution is -2.19. The average molecular weight is 479 g/mol. The zero-order valence-corrected chi connectivity index (χ0v) is 19.4. The van der Waals surface area contributed by atoms with Gasteiger partial charge >= 0.3 is 17.9 Å². The third-order valence-electron chi connectivity index (χ3n) is 5.61. The summed E-state index contributed by atoms with van der Waals surface area (Å²) in [6, 6.07) is 5.95. The number of carbonyl (C=O) groups is 3. The lowest BCUT2D eigenvalue weighted by molar-refractivity contribution is -0.134. The summed E-state index contributed by atoms with van der Waals surface area (Å²) in [5.74, 6) is -2.86. The van der Waals surface area contributed by atoms with Crippen LogP contribution in [0.1, 0.15) is 40.4 Å². The van der Waals surface area contributed by atoms with E-state index in [0.29, 0.717) is 17.5 Å². The number of nitrogens with zero attached hydrogens (tertiary/aromatic N) is 2. The number of aliphatic carboxylic acids is 2. The van der Waals surface area contributed by atoms with E-state index in [4.69, 9.17) is 10.2 Å². The number of fused-ring (bicyclic) bond motifs is 1. The van der Waals surface area contributed by atoms with Crippen molar-refractivity contribution in [1.82, 2.24) is 9.55 Å². The Morgan fingerprint density at radius 2 is 1.71 bits per heavy atom. The molecular formula is C25H25N3O7. The van der Waals surface area contributed by atoms with Gasteiger partial charge in [0, 0.05) is 48.6 Å². The van der Waals surface area contributed by atoms with Crippen LogP contribution >= 0.6 is 0 Å². The topological polar surface area (TPSA) is 159 Å². The smallest absolute Gasteiger partial charge is 0.341 e. The Bertz CT molecular complexity index is 1400. The van der Waals surface area contributed by atoms with Gasteiger partial charge in [-0.05, 0) is 55.5 Å². The third-order valence-corrected chi connectivity index (χ3v) is 5.61. The first-order chi connectivity index (χ1) is 16.5. The maximum atomic E-state index is 12.7. The molecule has 3 aromatic rings. The summed E-state index contributed by atoms with van der Waals surface area (Å²) >= 11 is 0. The monoisotopic (exact) mass is 479 g/mol. The van der Waals surface area contributed by atoms with Crippen LogP contribution in [0.15, 0.2) is 47.5 Å². The van der Waals surface area contributed by atoms with Gasteiger partial charge in [-0.15, -0.1) is 0 Å². The molecule has 1 aliphatic rings. The highest BCUT2D eigenvalue weighted by Gasteiger charge is 2.28. The molecule has 0 unspecified atom stereocenters. The predicted octanol–water partition coefficient (Wildman–Crippen LogP) is 3.47. The first-order valence-corrected chi connectivity index (χ1v) is 10.8. The van der Waals surface area contributed by atoms with Crippen LogP contribution in [0, 0.1) is 13.8 Å². The molecule has 2 aromatic heterocycles. The molecule has 1 aromatic carbocycles. The third kappa shape index (κ3) is 5.55. The van der Waals surface area contributed by atoms with Gasteiger partial charge in [0.2, 0.25) is 5.43 Å². The molecule has 0 aliphatic heterocycles. The van der Waals surface area contributed by atoms with E-state index in [9.17, 15) is 24.3 Å². The quantitative estimate of drug-likeness (QED) is 0.388. The molecule has 0 bridgehead atoms. The molecule has 4 N–H and O–H groups in total. The van der Waals surface area contributed by atoms with Crippen molar-refractivity contribution in [2.24, 2.45) is 0 Å². The molecule has 4 rings (SSSR count). The molecule has 0 amide bonds. The summed E-state index contributed by atoms with van der Waals surface area (Å²) in [5.41, 5.74) is 4.20. The van der Waals surface area contributed by atoms with Gasteiger partial charge < -0.3 is 25.2 Å². The van der Waals surface area contributed by atoms with Crippen LogP contribution in [0.25, 0.3) is 22.0 Å². The van der Waals surface area contributed by atoms with Crippen LogP contribution in [0.3, 0.4) is 0 Å². The van der Waals surface area contributed by atoms with Crippen molar-refractivity contribution in [3.63, 3.8) is 0 Å². The molecule has 0 radical (unpaired) electrons. The average Bonchev–Trinajstić information content (AvgIpc) is 3.64. The Morgan fingerprint density at radius 1 is 1.09 bits per heavy atom. The molecule has 1 fully saturated rings. The fourth-order valence-electron chi connectivity index (χ4n) is 3.86. The fraction of sp³-hybridized carbons (Fsp3) is 0.240. The van der Waals surface area contributed by atoms with E-state index in [1.807, 2.05) is 37.7 Å². The van der Waals surface area contributed by atoms with E-state index < -0.39 is 23.3 Å². The maximum Gasteiger partial charge on any atom is 0.341 e. The van der Waals surface area contributed by atoms with Gasteiger partial charge in [0.1, 0.15) is 11.4 Å². The molecule has 1 aliphatic carbocycles. The number of nitrogens with one attached hydrogen (secondary N) is 1. The Kier molecular flexibility index (Phi) is 7.34. The van der Waals surface area contributed by atoms with Crippen LogP contribution in [-0.2, 0) is 9.59 Å². The number of benzene rings is 1. The highest BCUT2D eigenvalue weighted by Crippen LogP contribution is 2.39. The Hall–Kier alpha value is -4.47. The van der Waals surface area contributed by atoms with E-state index in [1.165, 1.54) is 6.20 Å². The number of anilines is 1. The van der Waals surface area contributed by atoms with E-state index in [-0.39, 0.29) is 11.6 Å². The van der Waals surface area contributed by atoms with Gasteiger partial charge in [0.25, 0.3) is 0 Å².